The number of hydrogen-bond acceptors (Lipinski definition) is 6. The van der Waals surface area contributed by atoms with Crippen LogP contribution >= 0.6 is 11.3 Å². The number of ether oxygens (including phenoxy) is 1. The molecule has 6 heteroatoms. The molecular weight excluding hydrogens is 236 g/mol. The first kappa shape index (κ1) is 12.0. The van der Waals surface area contributed by atoms with Gasteiger partial charge in [0.1, 0.15) is 12.4 Å². The molecule has 5 nitrogen and oxygen atoms in total. The largest absolute Gasteiger partial charge is 0.368 e. The Morgan fingerprint density at radius 1 is 1.41 bits per heavy atom. The molecule has 2 aromatic rings. The van der Waals surface area contributed by atoms with Crippen LogP contribution in [-0.4, -0.2) is 9.97 Å². The quantitative estimate of drug-likeness (QED) is 0.626. The second-order valence-electron chi connectivity index (χ2n) is 3.53. The molecule has 3 N–H and O–H groups in total. The molecule has 0 bridgehead atoms. The summed E-state index contributed by atoms with van der Waals surface area (Å²) in [6, 6.07) is 5.82. The summed E-state index contributed by atoms with van der Waals surface area (Å²) >= 11 is 1.67. The number of nitrogens with two attached hydrogens (primary N) is 1. The Kier molecular flexibility index (Phi) is 4.03. The molecule has 2 aromatic heterocycles. The van der Waals surface area contributed by atoms with Gasteiger partial charge in [-0.2, -0.15) is 0 Å². The third-order valence-corrected chi connectivity index (χ3v) is 2.95. The summed E-state index contributed by atoms with van der Waals surface area (Å²) in [5.74, 6) is 6.55. The first-order chi connectivity index (χ1) is 8.28. The fraction of sp³-hybridized carbons (Fsp3) is 0.273. The van der Waals surface area contributed by atoms with Gasteiger partial charge in [-0.15, -0.1) is 11.3 Å². The minimum Gasteiger partial charge on any atom is -0.368 e. The van der Waals surface area contributed by atoms with E-state index < -0.39 is 0 Å². The van der Waals surface area contributed by atoms with E-state index >= 15 is 0 Å². The Morgan fingerprint density at radius 3 is 3.00 bits per heavy atom. The highest BCUT2D eigenvalue weighted by Crippen LogP contribution is 2.11. The van der Waals surface area contributed by atoms with Gasteiger partial charge in [-0.05, 0) is 18.4 Å². The number of rotatable bonds is 5. The van der Waals surface area contributed by atoms with E-state index in [1.165, 1.54) is 4.88 Å². The number of hydrogen-bond donors (Lipinski definition) is 2. The van der Waals surface area contributed by atoms with E-state index in [-0.39, 0.29) is 0 Å². The van der Waals surface area contributed by atoms with Crippen molar-refractivity contribution in [3.63, 3.8) is 0 Å². The second kappa shape index (κ2) is 5.72. The van der Waals surface area contributed by atoms with E-state index in [1.807, 2.05) is 24.4 Å². The van der Waals surface area contributed by atoms with E-state index in [2.05, 4.69) is 15.4 Å². The molecule has 90 valence electrons. The molecule has 0 aliphatic rings. The van der Waals surface area contributed by atoms with Crippen LogP contribution in [0.15, 0.2) is 23.6 Å². The zero-order valence-corrected chi connectivity index (χ0v) is 10.3. The number of thiophene rings is 1. The number of anilines is 1. The molecule has 17 heavy (non-hydrogen) atoms. The molecular formula is C11H14N4OS. The second-order valence-corrected chi connectivity index (χ2v) is 4.56. The Hall–Kier alpha value is -1.50. The molecule has 0 saturated carbocycles. The van der Waals surface area contributed by atoms with Crippen molar-refractivity contribution in [2.75, 3.05) is 5.43 Å². The summed E-state index contributed by atoms with van der Waals surface area (Å²) in [4.78, 5) is 9.66. The van der Waals surface area contributed by atoms with Crippen molar-refractivity contribution < 1.29 is 4.74 Å². The summed E-state index contributed by atoms with van der Waals surface area (Å²) in [6.07, 6.45) is 0. The molecule has 0 amide bonds. The number of nitrogens with zero attached hydrogens (tertiary/aromatic N) is 2. The van der Waals surface area contributed by atoms with E-state index in [0.29, 0.717) is 24.9 Å². The van der Waals surface area contributed by atoms with E-state index in [0.717, 1.165) is 5.69 Å². The number of aromatic nitrogens is 2. The van der Waals surface area contributed by atoms with Gasteiger partial charge in [-0.25, -0.2) is 15.8 Å². The molecule has 0 atom stereocenters. The minimum atomic E-state index is 0.383. The molecule has 0 radical (unpaired) electrons. The Labute approximate surface area is 104 Å². The molecule has 0 fully saturated rings. The van der Waals surface area contributed by atoms with Crippen LogP contribution in [0, 0.1) is 6.92 Å². The fourth-order valence-electron chi connectivity index (χ4n) is 1.41. The average molecular weight is 250 g/mol. The maximum absolute atomic E-state index is 5.54. The molecule has 2 heterocycles. The van der Waals surface area contributed by atoms with Crippen LogP contribution in [-0.2, 0) is 18.0 Å². The first-order valence-electron chi connectivity index (χ1n) is 5.19. The van der Waals surface area contributed by atoms with Crippen LogP contribution in [0.5, 0.6) is 0 Å². The summed E-state index contributed by atoms with van der Waals surface area (Å²) in [5.41, 5.74) is 3.37. The zero-order valence-electron chi connectivity index (χ0n) is 9.51. The monoisotopic (exact) mass is 250 g/mol. The van der Waals surface area contributed by atoms with Gasteiger partial charge in [-0.3, -0.25) is 0 Å². The van der Waals surface area contributed by atoms with Crippen molar-refractivity contribution in [1.82, 2.24) is 9.97 Å². The summed E-state index contributed by atoms with van der Waals surface area (Å²) in [6.45, 7) is 2.86. The summed E-state index contributed by atoms with van der Waals surface area (Å²) in [5, 5.41) is 2.03. The Balaban J connectivity index is 1.92. The van der Waals surface area contributed by atoms with Gasteiger partial charge in [0.15, 0.2) is 5.82 Å². The number of hydrazine groups is 1. The lowest BCUT2D eigenvalue weighted by atomic mass is 10.4. The predicted molar refractivity (Wildman–Crippen MR) is 67.4 cm³/mol. The zero-order chi connectivity index (χ0) is 12.1. The van der Waals surface area contributed by atoms with E-state index in [4.69, 9.17) is 10.6 Å². The lowest BCUT2D eigenvalue weighted by molar-refractivity contribution is 0.104. The standard InChI is InChI=1S/C11H14N4OS/c1-8-5-10(15-12)14-11(13-8)7-16-6-9-3-2-4-17-9/h2-5H,6-7,12H2,1H3,(H,13,14,15). The molecule has 0 unspecified atom stereocenters. The normalized spacial score (nSPS) is 10.5. The van der Waals surface area contributed by atoms with Crippen LogP contribution in [0.3, 0.4) is 0 Å². The Morgan fingerprint density at radius 2 is 2.29 bits per heavy atom. The molecule has 0 spiro atoms. The predicted octanol–water partition coefficient (Wildman–Crippen LogP) is 1.85. The topological polar surface area (TPSA) is 73.1 Å². The molecule has 0 aliphatic carbocycles. The third kappa shape index (κ3) is 3.48. The Bertz CT molecular complexity index is 472. The van der Waals surface area contributed by atoms with Crippen molar-refractivity contribution >= 4 is 17.2 Å². The van der Waals surface area contributed by atoms with Gasteiger partial charge >= 0.3 is 0 Å². The van der Waals surface area contributed by atoms with Crippen molar-refractivity contribution in [3.05, 3.63) is 40.0 Å². The SMILES string of the molecule is Cc1cc(NN)nc(COCc2cccs2)n1. The van der Waals surface area contributed by atoms with Crippen LogP contribution < -0.4 is 11.3 Å². The first-order valence-corrected chi connectivity index (χ1v) is 6.07. The number of nitrogens with one attached hydrogen (secondary N) is 1. The minimum absolute atomic E-state index is 0.383. The lowest BCUT2D eigenvalue weighted by Crippen LogP contribution is -2.11. The van der Waals surface area contributed by atoms with Crippen molar-refractivity contribution in [3.8, 4) is 0 Å². The van der Waals surface area contributed by atoms with Crippen LogP contribution in [0.2, 0.25) is 0 Å². The smallest absolute Gasteiger partial charge is 0.156 e. The molecule has 0 saturated heterocycles. The average Bonchev–Trinajstić information content (AvgIpc) is 2.81. The highest BCUT2D eigenvalue weighted by molar-refractivity contribution is 7.09. The maximum Gasteiger partial charge on any atom is 0.156 e. The van der Waals surface area contributed by atoms with Gasteiger partial charge in [0, 0.05) is 16.6 Å². The highest BCUT2D eigenvalue weighted by Gasteiger charge is 2.02. The van der Waals surface area contributed by atoms with Crippen LogP contribution in [0.4, 0.5) is 5.82 Å². The van der Waals surface area contributed by atoms with Crippen LogP contribution in [0.1, 0.15) is 16.4 Å². The molecule has 2 rings (SSSR count). The van der Waals surface area contributed by atoms with Crippen molar-refractivity contribution in [1.29, 1.82) is 0 Å². The number of aryl methyl sites for hydroxylation is 1. The van der Waals surface area contributed by atoms with Gasteiger partial charge in [0.25, 0.3) is 0 Å². The lowest BCUT2D eigenvalue weighted by Gasteiger charge is -2.05. The van der Waals surface area contributed by atoms with Gasteiger partial charge in [-0.1, -0.05) is 6.07 Å². The van der Waals surface area contributed by atoms with E-state index in [9.17, 15) is 0 Å². The summed E-state index contributed by atoms with van der Waals surface area (Å²) in [7, 11) is 0. The molecule has 0 aromatic carbocycles. The highest BCUT2D eigenvalue weighted by atomic mass is 32.1. The molecule has 0 aliphatic heterocycles. The number of nitrogen functional groups attached to an aromatic ring is 1. The fourth-order valence-corrected chi connectivity index (χ4v) is 2.05. The van der Waals surface area contributed by atoms with Gasteiger partial charge in [0.2, 0.25) is 0 Å². The van der Waals surface area contributed by atoms with Gasteiger partial charge < -0.3 is 10.2 Å². The summed E-state index contributed by atoms with van der Waals surface area (Å²) < 4.78 is 5.54. The van der Waals surface area contributed by atoms with Crippen molar-refractivity contribution in [2.45, 2.75) is 20.1 Å². The third-order valence-electron chi connectivity index (χ3n) is 2.10. The van der Waals surface area contributed by atoms with Gasteiger partial charge in [0.05, 0.1) is 6.61 Å². The van der Waals surface area contributed by atoms with Crippen LogP contribution in [0.25, 0.3) is 0 Å². The maximum atomic E-state index is 5.54. The van der Waals surface area contributed by atoms with E-state index in [1.54, 1.807) is 17.4 Å². The van der Waals surface area contributed by atoms with Crippen molar-refractivity contribution in [2.24, 2.45) is 5.84 Å².